The van der Waals surface area contributed by atoms with E-state index in [1.807, 2.05) is 6.92 Å². The second kappa shape index (κ2) is 6.70. The molecule has 5 nitrogen and oxygen atoms in total. The summed E-state index contributed by atoms with van der Waals surface area (Å²) in [6, 6.07) is 2.26. The highest BCUT2D eigenvalue weighted by Crippen LogP contribution is 2.25. The van der Waals surface area contributed by atoms with E-state index in [1.54, 1.807) is 0 Å². The monoisotopic (exact) mass is 381 g/mol. The van der Waals surface area contributed by atoms with Gasteiger partial charge in [0.1, 0.15) is 10.7 Å². The van der Waals surface area contributed by atoms with Gasteiger partial charge in [0.15, 0.2) is 0 Å². The second-order valence-electron chi connectivity index (χ2n) is 5.06. The van der Waals surface area contributed by atoms with Gasteiger partial charge in [-0.25, -0.2) is 17.5 Å². The number of rotatable bonds is 4. The molecule has 1 aliphatic rings. The van der Waals surface area contributed by atoms with E-state index in [0.29, 0.717) is 23.9 Å². The maximum Gasteiger partial charge on any atom is 0.243 e. The molecule has 0 saturated carbocycles. The molecule has 0 amide bonds. The summed E-state index contributed by atoms with van der Waals surface area (Å²) >= 11 is 3.13. The molecule has 0 bridgehead atoms. The van der Waals surface area contributed by atoms with Crippen LogP contribution in [0.5, 0.6) is 0 Å². The van der Waals surface area contributed by atoms with Gasteiger partial charge in [-0.1, -0.05) is 15.9 Å². The van der Waals surface area contributed by atoms with Gasteiger partial charge in [-0.3, -0.25) is 0 Å². The average molecular weight is 382 g/mol. The van der Waals surface area contributed by atoms with Crippen molar-refractivity contribution >= 4 is 26.0 Å². The molecule has 1 aromatic rings. The van der Waals surface area contributed by atoms with Crippen molar-refractivity contribution in [1.29, 1.82) is 0 Å². The number of hydrogen-bond donors (Lipinski definition) is 2. The lowest BCUT2D eigenvalue weighted by Crippen LogP contribution is -2.41. The third-order valence-electron chi connectivity index (χ3n) is 3.35. The summed E-state index contributed by atoms with van der Waals surface area (Å²) in [5, 5.41) is 9.10. The highest BCUT2D eigenvalue weighted by Gasteiger charge is 2.28. The quantitative estimate of drug-likeness (QED) is 0.835. The van der Waals surface area contributed by atoms with Crippen LogP contribution in [0.1, 0.15) is 25.3 Å². The minimum absolute atomic E-state index is 0.0354. The fourth-order valence-corrected chi connectivity index (χ4v) is 4.40. The lowest BCUT2D eigenvalue weighted by molar-refractivity contribution is 0.0173. The Kier molecular flexibility index (Phi) is 5.37. The second-order valence-corrected chi connectivity index (χ2v) is 7.66. The standard InChI is InChI=1S/C13H17BrFNO4S/c1-8-4-11(2-3-20-8)16-21(18,19)12-6-10(14)5-9(7-17)13(12)15/h5-6,8,11,16-17H,2-4,7H2,1H3. The van der Waals surface area contributed by atoms with Crippen molar-refractivity contribution in [1.82, 2.24) is 4.72 Å². The summed E-state index contributed by atoms with van der Waals surface area (Å²) in [5.41, 5.74) is -0.0647. The van der Waals surface area contributed by atoms with Crippen LogP contribution in [0.3, 0.4) is 0 Å². The van der Waals surface area contributed by atoms with Crippen LogP contribution in [0.25, 0.3) is 0 Å². The van der Waals surface area contributed by atoms with E-state index in [0.717, 1.165) is 0 Å². The van der Waals surface area contributed by atoms with Crippen molar-refractivity contribution in [2.24, 2.45) is 0 Å². The van der Waals surface area contributed by atoms with Crippen molar-refractivity contribution in [2.75, 3.05) is 6.61 Å². The molecule has 0 aliphatic carbocycles. The normalized spacial score (nSPS) is 23.2. The summed E-state index contributed by atoms with van der Waals surface area (Å²) in [7, 11) is -3.99. The van der Waals surface area contributed by atoms with E-state index >= 15 is 0 Å². The van der Waals surface area contributed by atoms with E-state index in [-0.39, 0.29) is 17.7 Å². The lowest BCUT2D eigenvalue weighted by Gasteiger charge is -2.27. The molecule has 21 heavy (non-hydrogen) atoms. The molecule has 2 N–H and O–H groups in total. The first-order chi connectivity index (χ1) is 9.83. The summed E-state index contributed by atoms with van der Waals surface area (Å²) in [5.74, 6) is -0.923. The zero-order valence-corrected chi connectivity index (χ0v) is 13.9. The Morgan fingerprint density at radius 3 is 2.86 bits per heavy atom. The Bertz CT molecular complexity index is 623. The smallest absolute Gasteiger partial charge is 0.243 e. The van der Waals surface area contributed by atoms with Gasteiger partial charge in [0.25, 0.3) is 0 Å². The van der Waals surface area contributed by atoms with Crippen LogP contribution in [-0.4, -0.2) is 32.3 Å². The molecule has 2 unspecified atom stereocenters. The number of sulfonamides is 1. The van der Waals surface area contributed by atoms with Crippen molar-refractivity contribution in [3.05, 3.63) is 28.0 Å². The fourth-order valence-electron chi connectivity index (χ4n) is 2.32. The zero-order valence-electron chi connectivity index (χ0n) is 11.5. The van der Waals surface area contributed by atoms with Gasteiger partial charge in [-0.2, -0.15) is 0 Å². The van der Waals surface area contributed by atoms with E-state index < -0.39 is 27.3 Å². The number of hydrogen-bond acceptors (Lipinski definition) is 4. The first kappa shape index (κ1) is 16.8. The number of benzene rings is 1. The van der Waals surface area contributed by atoms with Crippen LogP contribution >= 0.6 is 15.9 Å². The molecule has 2 rings (SSSR count). The predicted molar refractivity (Wildman–Crippen MR) is 78.8 cm³/mol. The molecule has 0 spiro atoms. The largest absolute Gasteiger partial charge is 0.392 e. The number of halogens is 2. The first-order valence-electron chi connectivity index (χ1n) is 6.56. The van der Waals surface area contributed by atoms with Crippen LogP contribution in [0.2, 0.25) is 0 Å². The topological polar surface area (TPSA) is 75.6 Å². The average Bonchev–Trinajstić information content (AvgIpc) is 2.40. The Balaban J connectivity index is 2.29. The van der Waals surface area contributed by atoms with Gasteiger partial charge >= 0.3 is 0 Å². The molecule has 1 aromatic carbocycles. The number of ether oxygens (including phenoxy) is 1. The molecule has 0 radical (unpaired) electrons. The molecular weight excluding hydrogens is 365 g/mol. The van der Waals surface area contributed by atoms with Crippen LogP contribution < -0.4 is 4.72 Å². The van der Waals surface area contributed by atoms with Gasteiger partial charge in [0.05, 0.1) is 12.7 Å². The predicted octanol–water partition coefficient (Wildman–Crippen LogP) is 1.93. The number of aliphatic hydroxyl groups excluding tert-OH is 1. The summed E-state index contributed by atoms with van der Waals surface area (Å²) in [6.45, 7) is 1.77. The van der Waals surface area contributed by atoms with Crippen LogP contribution in [0.4, 0.5) is 4.39 Å². The Morgan fingerprint density at radius 1 is 1.52 bits per heavy atom. The van der Waals surface area contributed by atoms with Gasteiger partial charge in [-0.15, -0.1) is 0 Å². The minimum atomic E-state index is -3.99. The Hall–Kier alpha value is -0.540. The number of nitrogens with one attached hydrogen (secondary N) is 1. The van der Waals surface area contributed by atoms with Crippen LogP contribution in [0.15, 0.2) is 21.5 Å². The fraction of sp³-hybridized carbons (Fsp3) is 0.538. The zero-order chi connectivity index (χ0) is 15.6. The third kappa shape index (κ3) is 4.01. The number of aliphatic hydroxyl groups is 1. The van der Waals surface area contributed by atoms with E-state index in [2.05, 4.69) is 20.7 Å². The highest BCUT2D eigenvalue weighted by atomic mass is 79.9. The van der Waals surface area contributed by atoms with Crippen molar-refractivity contribution in [2.45, 2.75) is 43.4 Å². The van der Waals surface area contributed by atoms with Gasteiger partial charge < -0.3 is 9.84 Å². The van der Waals surface area contributed by atoms with E-state index in [9.17, 15) is 12.8 Å². The molecule has 1 fully saturated rings. The van der Waals surface area contributed by atoms with Gasteiger partial charge in [0.2, 0.25) is 10.0 Å². The lowest BCUT2D eigenvalue weighted by atomic mass is 10.1. The van der Waals surface area contributed by atoms with E-state index in [1.165, 1.54) is 12.1 Å². The molecule has 8 heteroatoms. The van der Waals surface area contributed by atoms with Crippen LogP contribution in [0, 0.1) is 5.82 Å². The summed E-state index contributed by atoms with van der Waals surface area (Å²) < 4.78 is 47.1. The summed E-state index contributed by atoms with van der Waals surface area (Å²) in [6.07, 6.45) is 1.06. The van der Waals surface area contributed by atoms with Gasteiger partial charge in [0, 0.05) is 22.7 Å². The Morgan fingerprint density at radius 2 is 2.24 bits per heavy atom. The SMILES string of the molecule is CC1CC(NS(=O)(=O)c2cc(Br)cc(CO)c2F)CCO1. The van der Waals surface area contributed by atoms with Crippen molar-refractivity contribution in [3.8, 4) is 0 Å². The molecule has 2 atom stereocenters. The molecule has 1 saturated heterocycles. The molecule has 1 heterocycles. The van der Waals surface area contributed by atoms with Crippen molar-refractivity contribution in [3.63, 3.8) is 0 Å². The first-order valence-corrected chi connectivity index (χ1v) is 8.84. The molecule has 0 aromatic heterocycles. The molecule has 118 valence electrons. The molecular formula is C13H17BrFNO4S. The summed E-state index contributed by atoms with van der Waals surface area (Å²) in [4.78, 5) is -0.458. The van der Waals surface area contributed by atoms with Crippen LogP contribution in [-0.2, 0) is 21.4 Å². The minimum Gasteiger partial charge on any atom is -0.392 e. The maximum atomic E-state index is 14.2. The highest BCUT2D eigenvalue weighted by molar-refractivity contribution is 9.10. The Labute approximate surface area is 131 Å². The third-order valence-corrected chi connectivity index (χ3v) is 5.32. The van der Waals surface area contributed by atoms with E-state index in [4.69, 9.17) is 9.84 Å². The maximum absolute atomic E-state index is 14.2. The van der Waals surface area contributed by atoms with Crippen molar-refractivity contribution < 1.29 is 22.7 Å². The van der Waals surface area contributed by atoms with Gasteiger partial charge in [-0.05, 0) is 31.9 Å². The molecule has 1 aliphatic heterocycles.